The van der Waals surface area contributed by atoms with E-state index in [1.54, 1.807) is 0 Å². The Kier molecular flexibility index (Phi) is 3.22. The van der Waals surface area contributed by atoms with Crippen molar-refractivity contribution in [2.75, 3.05) is 6.54 Å². The topological polar surface area (TPSA) is 80.5 Å². The molecule has 78 valence electrons. The summed E-state index contributed by atoms with van der Waals surface area (Å²) in [4.78, 5) is 34.4. The fraction of sp³-hybridized carbons (Fsp3) is 0.667. The molecule has 0 aromatic carbocycles. The highest BCUT2D eigenvalue weighted by Gasteiger charge is 2.34. The van der Waals surface area contributed by atoms with Crippen LogP contribution in [0.1, 0.15) is 26.2 Å². The van der Waals surface area contributed by atoms with Gasteiger partial charge in [-0.25, -0.2) is 0 Å². The fourth-order valence-electron chi connectivity index (χ4n) is 1.59. The number of ketones is 1. The Labute approximate surface area is 82.2 Å². The largest absolute Gasteiger partial charge is 0.368 e. The molecule has 1 fully saturated rings. The third-order valence-electron chi connectivity index (χ3n) is 2.36. The standard InChI is InChI=1S/C9H14N2O3/c1-6(12)4-5-11-7(9(10)14)2-3-8(11)13/h7H,2-5H2,1H3,(H2,10,14). The molecule has 0 bridgehead atoms. The second-order valence-corrected chi connectivity index (χ2v) is 3.50. The van der Waals surface area contributed by atoms with E-state index < -0.39 is 11.9 Å². The number of hydrogen-bond acceptors (Lipinski definition) is 3. The number of amides is 2. The lowest BCUT2D eigenvalue weighted by molar-refractivity contribution is -0.134. The second-order valence-electron chi connectivity index (χ2n) is 3.50. The molecule has 2 amide bonds. The molecule has 0 aromatic rings. The molecule has 1 aliphatic heterocycles. The van der Waals surface area contributed by atoms with Gasteiger partial charge in [-0.1, -0.05) is 0 Å². The molecular weight excluding hydrogens is 184 g/mol. The first kappa shape index (κ1) is 10.7. The third-order valence-corrected chi connectivity index (χ3v) is 2.36. The molecule has 0 aromatic heterocycles. The normalized spacial score (nSPS) is 21.4. The van der Waals surface area contributed by atoms with Gasteiger partial charge in [-0.15, -0.1) is 0 Å². The summed E-state index contributed by atoms with van der Waals surface area (Å²) in [5.41, 5.74) is 5.14. The maximum atomic E-state index is 11.3. The molecule has 0 spiro atoms. The van der Waals surface area contributed by atoms with Gasteiger partial charge < -0.3 is 10.6 Å². The van der Waals surface area contributed by atoms with Crippen LogP contribution >= 0.6 is 0 Å². The highest BCUT2D eigenvalue weighted by atomic mass is 16.2. The molecule has 1 rings (SSSR count). The van der Waals surface area contributed by atoms with Gasteiger partial charge in [0.25, 0.3) is 0 Å². The van der Waals surface area contributed by atoms with Crippen LogP contribution < -0.4 is 5.73 Å². The molecular formula is C9H14N2O3. The zero-order valence-corrected chi connectivity index (χ0v) is 8.16. The minimum absolute atomic E-state index is 0.00733. The van der Waals surface area contributed by atoms with Gasteiger partial charge in [0, 0.05) is 19.4 Å². The molecule has 1 saturated heterocycles. The summed E-state index contributed by atoms with van der Waals surface area (Å²) in [6.45, 7) is 1.77. The van der Waals surface area contributed by atoms with Crippen molar-refractivity contribution in [3.63, 3.8) is 0 Å². The maximum Gasteiger partial charge on any atom is 0.240 e. The zero-order chi connectivity index (χ0) is 10.7. The molecule has 1 aliphatic rings. The number of Topliss-reactive ketones (excluding diaryl/α,β-unsaturated/α-hetero) is 1. The first-order valence-electron chi connectivity index (χ1n) is 4.60. The number of carbonyl (C=O) groups excluding carboxylic acids is 3. The molecule has 0 radical (unpaired) electrons. The number of nitrogens with two attached hydrogens (primary N) is 1. The summed E-state index contributed by atoms with van der Waals surface area (Å²) in [5, 5.41) is 0. The molecule has 1 heterocycles. The number of primary amides is 1. The molecule has 2 N–H and O–H groups in total. The van der Waals surface area contributed by atoms with Gasteiger partial charge in [-0.3, -0.25) is 14.4 Å². The Morgan fingerprint density at radius 1 is 1.57 bits per heavy atom. The van der Waals surface area contributed by atoms with Crippen molar-refractivity contribution < 1.29 is 14.4 Å². The molecule has 0 saturated carbocycles. The monoisotopic (exact) mass is 198 g/mol. The van der Waals surface area contributed by atoms with Crippen LogP contribution in [0.15, 0.2) is 0 Å². The van der Waals surface area contributed by atoms with Gasteiger partial charge in [0.1, 0.15) is 11.8 Å². The van der Waals surface area contributed by atoms with Crippen molar-refractivity contribution in [3.05, 3.63) is 0 Å². The van der Waals surface area contributed by atoms with Crippen LogP contribution in [0.5, 0.6) is 0 Å². The predicted octanol–water partition coefficient (Wildman–Crippen LogP) is -0.558. The predicted molar refractivity (Wildman–Crippen MR) is 49.2 cm³/mol. The lowest BCUT2D eigenvalue weighted by atomic mass is 10.2. The van der Waals surface area contributed by atoms with E-state index in [-0.39, 0.29) is 18.1 Å². The van der Waals surface area contributed by atoms with Crippen LogP contribution in [0.2, 0.25) is 0 Å². The molecule has 5 heteroatoms. The van der Waals surface area contributed by atoms with Gasteiger partial charge >= 0.3 is 0 Å². The molecule has 14 heavy (non-hydrogen) atoms. The lowest BCUT2D eigenvalue weighted by Gasteiger charge is -2.21. The molecule has 1 unspecified atom stereocenters. The van der Waals surface area contributed by atoms with Gasteiger partial charge in [0.05, 0.1) is 0 Å². The molecule has 1 atom stereocenters. The molecule has 0 aliphatic carbocycles. The minimum atomic E-state index is -0.512. The van der Waals surface area contributed by atoms with Crippen LogP contribution in [-0.2, 0) is 14.4 Å². The first-order chi connectivity index (χ1) is 6.52. The summed E-state index contributed by atoms with van der Waals surface area (Å²) in [6, 6.07) is -0.512. The molecule has 5 nitrogen and oxygen atoms in total. The summed E-state index contributed by atoms with van der Waals surface area (Å²) in [6.07, 6.45) is 1.12. The lowest BCUT2D eigenvalue weighted by Crippen LogP contribution is -2.43. The van der Waals surface area contributed by atoms with Crippen molar-refractivity contribution >= 4 is 17.6 Å². The van der Waals surface area contributed by atoms with Gasteiger partial charge in [-0.2, -0.15) is 0 Å². The average Bonchev–Trinajstić information content (AvgIpc) is 2.43. The Bertz CT molecular complexity index is 275. The average molecular weight is 198 g/mol. The highest BCUT2D eigenvalue weighted by Crippen LogP contribution is 2.18. The Morgan fingerprint density at radius 3 is 2.71 bits per heavy atom. The highest BCUT2D eigenvalue weighted by molar-refractivity contribution is 5.90. The van der Waals surface area contributed by atoms with E-state index in [4.69, 9.17) is 5.73 Å². The van der Waals surface area contributed by atoms with Gasteiger partial charge in [0.15, 0.2) is 0 Å². The van der Waals surface area contributed by atoms with Crippen LogP contribution in [0.3, 0.4) is 0 Å². The summed E-state index contributed by atoms with van der Waals surface area (Å²) in [7, 11) is 0. The van der Waals surface area contributed by atoms with E-state index in [0.717, 1.165) is 0 Å². The van der Waals surface area contributed by atoms with Crippen LogP contribution in [-0.4, -0.2) is 35.1 Å². The van der Waals surface area contributed by atoms with E-state index in [1.807, 2.05) is 0 Å². The number of likely N-dealkylation sites (tertiary alicyclic amines) is 1. The summed E-state index contributed by atoms with van der Waals surface area (Å²) >= 11 is 0. The van der Waals surface area contributed by atoms with Crippen molar-refractivity contribution in [3.8, 4) is 0 Å². The minimum Gasteiger partial charge on any atom is -0.368 e. The SMILES string of the molecule is CC(=O)CCN1C(=O)CCC1C(N)=O. The number of rotatable bonds is 4. The van der Waals surface area contributed by atoms with Crippen LogP contribution in [0.25, 0.3) is 0 Å². The van der Waals surface area contributed by atoms with E-state index in [9.17, 15) is 14.4 Å². The van der Waals surface area contributed by atoms with E-state index >= 15 is 0 Å². The Balaban J connectivity index is 2.58. The van der Waals surface area contributed by atoms with E-state index in [2.05, 4.69) is 0 Å². The van der Waals surface area contributed by atoms with Crippen molar-refractivity contribution in [2.45, 2.75) is 32.2 Å². The van der Waals surface area contributed by atoms with Crippen LogP contribution in [0.4, 0.5) is 0 Å². The first-order valence-corrected chi connectivity index (χ1v) is 4.60. The quantitative estimate of drug-likeness (QED) is 0.657. The smallest absolute Gasteiger partial charge is 0.240 e. The number of carbonyl (C=O) groups is 3. The fourth-order valence-corrected chi connectivity index (χ4v) is 1.59. The number of hydrogen-bond donors (Lipinski definition) is 1. The van der Waals surface area contributed by atoms with E-state index in [0.29, 0.717) is 19.4 Å². The van der Waals surface area contributed by atoms with Crippen molar-refractivity contribution in [1.82, 2.24) is 4.90 Å². The Hall–Kier alpha value is -1.39. The maximum absolute atomic E-state index is 11.3. The number of nitrogens with zero attached hydrogens (tertiary/aromatic N) is 1. The van der Waals surface area contributed by atoms with Crippen molar-refractivity contribution in [1.29, 1.82) is 0 Å². The zero-order valence-electron chi connectivity index (χ0n) is 8.16. The van der Waals surface area contributed by atoms with E-state index in [1.165, 1.54) is 11.8 Å². The summed E-state index contributed by atoms with van der Waals surface area (Å²) in [5.74, 6) is -0.567. The van der Waals surface area contributed by atoms with Crippen molar-refractivity contribution in [2.24, 2.45) is 5.73 Å². The third kappa shape index (κ3) is 2.31. The van der Waals surface area contributed by atoms with Gasteiger partial charge in [-0.05, 0) is 13.3 Å². The van der Waals surface area contributed by atoms with Gasteiger partial charge in [0.2, 0.25) is 11.8 Å². The Morgan fingerprint density at radius 2 is 2.21 bits per heavy atom. The summed E-state index contributed by atoms with van der Waals surface area (Å²) < 4.78 is 0. The second kappa shape index (κ2) is 4.21. The van der Waals surface area contributed by atoms with Crippen LogP contribution in [0, 0.1) is 0 Å².